The van der Waals surface area contributed by atoms with Crippen LogP contribution in [-0.2, 0) is 17.8 Å². The molecule has 12 heteroatoms. The number of carbonyl (C=O) groups excluding carboxylic acids is 1. The number of likely N-dealkylation sites (N-methyl/N-ethyl adjacent to an activating group) is 1. The average Bonchev–Trinajstić information content (AvgIpc) is 3.02. The Morgan fingerprint density at radius 2 is 1.98 bits per heavy atom. The van der Waals surface area contributed by atoms with E-state index in [1.165, 1.54) is 6.08 Å². The van der Waals surface area contributed by atoms with Crippen LogP contribution in [0.3, 0.4) is 0 Å². The van der Waals surface area contributed by atoms with Crippen molar-refractivity contribution in [1.29, 1.82) is 0 Å². The molecule has 1 aromatic heterocycles. The molecule has 236 valence electrons. The Kier molecular flexibility index (Phi) is 8.80. The number of hydrogen-bond donors (Lipinski definition) is 0. The first-order valence-electron chi connectivity index (χ1n) is 15.2. The Hall–Kier alpha value is -4.01. The maximum Gasteiger partial charge on any atom is 0.318 e. The van der Waals surface area contributed by atoms with Crippen molar-refractivity contribution in [2.75, 3.05) is 62.7 Å². The number of piperazine rings is 1. The maximum atomic E-state index is 13.4. The smallest absolute Gasteiger partial charge is 0.318 e. The lowest BCUT2D eigenvalue weighted by Crippen LogP contribution is -2.56. The number of anilines is 2. The molecule has 1 atom stereocenters. The van der Waals surface area contributed by atoms with Crippen molar-refractivity contribution in [3.8, 4) is 6.01 Å². The third-order valence-corrected chi connectivity index (χ3v) is 9.42. The number of nitrogens with zero attached hydrogens (tertiary/aromatic N) is 7. The Balaban J connectivity index is 1.28. The summed E-state index contributed by atoms with van der Waals surface area (Å²) in [6, 6.07) is 11.8. The lowest BCUT2D eigenvalue weighted by atomic mass is 9.87. The van der Waals surface area contributed by atoms with E-state index < -0.39 is 5.92 Å². The van der Waals surface area contributed by atoms with Gasteiger partial charge in [-0.3, -0.25) is 9.69 Å². The first kappa shape index (κ1) is 31.0. The molecule has 0 spiro atoms. The van der Waals surface area contributed by atoms with Crippen LogP contribution in [0.2, 0.25) is 5.02 Å². The highest BCUT2D eigenvalue weighted by Gasteiger charge is 2.46. The summed E-state index contributed by atoms with van der Waals surface area (Å²) in [6.45, 7) is 14.7. The fourth-order valence-electron chi connectivity index (χ4n) is 6.58. The summed E-state index contributed by atoms with van der Waals surface area (Å²) in [5, 5.41) is 2.74. The monoisotopic (exact) mass is 635 g/mol. The topological polar surface area (TPSA) is 69.4 Å². The van der Waals surface area contributed by atoms with E-state index in [1.54, 1.807) is 4.90 Å². The van der Waals surface area contributed by atoms with Gasteiger partial charge in [-0.25, -0.2) is 15.4 Å². The summed E-state index contributed by atoms with van der Waals surface area (Å²) in [6.07, 6.45) is 1.71. The van der Waals surface area contributed by atoms with Gasteiger partial charge in [-0.15, -0.1) is 0 Å². The first-order valence-corrected chi connectivity index (χ1v) is 15.6. The summed E-state index contributed by atoms with van der Waals surface area (Å²) >= 11 is 6.67. The van der Waals surface area contributed by atoms with Gasteiger partial charge in [-0.2, -0.15) is 9.97 Å². The minimum atomic E-state index is -2.58. The Morgan fingerprint density at radius 3 is 2.71 bits per heavy atom. The van der Waals surface area contributed by atoms with Crippen LogP contribution >= 0.6 is 11.6 Å². The predicted octanol–water partition coefficient (Wildman–Crippen LogP) is 5.08. The number of alkyl halides is 2. The van der Waals surface area contributed by atoms with E-state index in [-0.39, 0.29) is 50.0 Å². The maximum absolute atomic E-state index is 13.4. The summed E-state index contributed by atoms with van der Waals surface area (Å²) in [5.74, 6) is -2.02. The zero-order chi connectivity index (χ0) is 31.7. The van der Waals surface area contributed by atoms with Crippen LogP contribution in [-0.4, -0.2) is 96.6 Å². The van der Waals surface area contributed by atoms with Gasteiger partial charge in [0, 0.05) is 68.2 Å². The van der Waals surface area contributed by atoms with Crippen LogP contribution < -0.4 is 14.5 Å². The van der Waals surface area contributed by atoms with Crippen LogP contribution in [0.4, 0.5) is 20.3 Å². The number of fused-ring (bicyclic) bond motifs is 2. The molecule has 0 radical (unpaired) electrons. The molecule has 2 aromatic carbocycles. The second kappa shape index (κ2) is 12.8. The lowest BCUT2D eigenvalue weighted by molar-refractivity contribution is -0.128. The lowest BCUT2D eigenvalue weighted by Gasteiger charge is -2.41. The number of benzene rings is 2. The Labute approximate surface area is 266 Å². The normalized spacial score (nSPS) is 19.6. The molecule has 45 heavy (non-hydrogen) atoms. The van der Waals surface area contributed by atoms with E-state index in [0.717, 1.165) is 40.1 Å². The SMILES string of the molecule is [C-]#[N+]C[C@H]1CN(c2nc(OCCN(C)C3CC(F)(F)C3)nc3c2CCN(c2cccc4cccc(Cl)c24)C3)CCN1C(=O)C=C. The zero-order valence-corrected chi connectivity index (χ0v) is 26.0. The van der Waals surface area contributed by atoms with Crippen molar-refractivity contribution in [2.24, 2.45) is 0 Å². The average molecular weight is 636 g/mol. The quantitative estimate of drug-likeness (QED) is 0.240. The molecular weight excluding hydrogens is 600 g/mol. The number of amides is 1. The fraction of sp³-hybridized carbons (Fsp3) is 0.455. The van der Waals surface area contributed by atoms with Gasteiger partial charge in [-0.1, -0.05) is 42.4 Å². The number of carbonyl (C=O) groups is 1. The highest BCUT2D eigenvalue weighted by atomic mass is 35.5. The Morgan fingerprint density at radius 1 is 1.20 bits per heavy atom. The summed E-state index contributed by atoms with van der Waals surface area (Å²) in [5.41, 5.74) is 2.88. The van der Waals surface area contributed by atoms with E-state index in [2.05, 4.69) is 27.3 Å². The van der Waals surface area contributed by atoms with Crippen molar-refractivity contribution < 1.29 is 18.3 Å². The highest BCUT2D eigenvalue weighted by molar-refractivity contribution is 6.36. The molecule has 1 saturated carbocycles. The highest BCUT2D eigenvalue weighted by Crippen LogP contribution is 2.40. The number of rotatable bonds is 9. The molecule has 0 unspecified atom stereocenters. The molecule has 9 nitrogen and oxygen atoms in total. The number of hydrogen-bond acceptors (Lipinski definition) is 7. The number of aromatic nitrogens is 2. The molecule has 3 aliphatic rings. The van der Waals surface area contributed by atoms with E-state index in [0.29, 0.717) is 44.2 Å². The molecule has 1 saturated heterocycles. The zero-order valence-electron chi connectivity index (χ0n) is 25.3. The molecular formula is C33H36ClF2N7O2. The van der Waals surface area contributed by atoms with E-state index in [4.69, 9.17) is 32.9 Å². The standard InChI is InChI=1S/C33H36ClF2N7O2/c1-4-29(44)43-14-13-42(20-24(43)19-37-2)31-25-11-12-41(28-10-6-8-22-7-5-9-26(34)30(22)28)21-27(25)38-32(39-31)45-16-15-40(3)23-17-33(35,36)18-23/h4-10,23-24H,1,11-21H2,3H3/t24-/m0/s1. The van der Waals surface area contributed by atoms with Gasteiger partial charge in [0.1, 0.15) is 18.5 Å². The Bertz CT molecular complexity index is 1630. The van der Waals surface area contributed by atoms with E-state index in [1.807, 2.05) is 42.3 Å². The van der Waals surface area contributed by atoms with Gasteiger partial charge in [0.05, 0.1) is 17.3 Å². The van der Waals surface area contributed by atoms with Crippen LogP contribution in [0.25, 0.3) is 15.6 Å². The molecule has 0 N–H and O–H groups in total. The number of ether oxygens (including phenoxy) is 1. The van der Waals surface area contributed by atoms with Gasteiger partial charge in [0.15, 0.2) is 0 Å². The minimum Gasteiger partial charge on any atom is -0.462 e. The number of halogens is 3. The van der Waals surface area contributed by atoms with Crippen LogP contribution in [0, 0.1) is 6.57 Å². The van der Waals surface area contributed by atoms with Gasteiger partial charge in [-0.05, 0) is 37.1 Å². The summed E-state index contributed by atoms with van der Waals surface area (Å²) < 4.78 is 32.9. The molecule has 6 rings (SSSR count). The van der Waals surface area contributed by atoms with Gasteiger partial charge in [0.2, 0.25) is 12.5 Å². The molecule has 1 amide bonds. The van der Waals surface area contributed by atoms with Crippen LogP contribution in [0.15, 0.2) is 49.1 Å². The van der Waals surface area contributed by atoms with E-state index in [9.17, 15) is 13.6 Å². The van der Waals surface area contributed by atoms with Crippen LogP contribution in [0.1, 0.15) is 24.1 Å². The molecule has 2 fully saturated rings. The first-order chi connectivity index (χ1) is 21.7. The largest absolute Gasteiger partial charge is 0.462 e. The molecule has 3 aromatic rings. The summed E-state index contributed by atoms with van der Waals surface area (Å²) in [4.78, 5) is 33.9. The summed E-state index contributed by atoms with van der Waals surface area (Å²) in [7, 11) is 1.83. The van der Waals surface area contributed by atoms with Crippen molar-refractivity contribution in [3.05, 3.63) is 76.8 Å². The molecule has 1 aliphatic carbocycles. The fourth-order valence-corrected chi connectivity index (χ4v) is 6.86. The second-order valence-corrected chi connectivity index (χ2v) is 12.4. The van der Waals surface area contributed by atoms with Gasteiger partial charge in [0.25, 0.3) is 5.92 Å². The van der Waals surface area contributed by atoms with E-state index >= 15 is 0 Å². The molecule has 2 aliphatic heterocycles. The van der Waals surface area contributed by atoms with Crippen molar-refractivity contribution in [2.45, 2.75) is 43.8 Å². The van der Waals surface area contributed by atoms with Gasteiger partial charge < -0.3 is 24.3 Å². The third-order valence-electron chi connectivity index (χ3n) is 9.10. The van der Waals surface area contributed by atoms with Crippen molar-refractivity contribution in [3.63, 3.8) is 0 Å². The van der Waals surface area contributed by atoms with Gasteiger partial charge >= 0.3 is 6.01 Å². The predicted molar refractivity (Wildman–Crippen MR) is 171 cm³/mol. The second-order valence-electron chi connectivity index (χ2n) is 12.0. The molecule has 3 heterocycles. The third kappa shape index (κ3) is 6.40. The van der Waals surface area contributed by atoms with Crippen molar-refractivity contribution >= 4 is 39.8 Å². The van der Waals surface area contributed by atoms with Crippen molar-refractivity contribution in [1.82, 2.24) is 19.8 Å². The molecule has 0 bridgehead atoms. The minimum absolute atomic E-state index is 0.136. The van der Waals surface area contributed by atoms with Crippen LogP contribution in [0.5, 0.6) is 6.01 Å².